The van der Waals surface area contributed by atoms with Gasteiger partial charge in [-0.1, -0.05) is 13.2 Å². The summed E-state index contributed by atoms with van der Waals surface area (Å²) in [4.78, 5) is 0. The zero-order chi connectivity index (χ0) is 7.98. The number of allylic oxidation sites excluding steroid dienone is 1. The number of nitrogens with one attached hydrogen (secondary N) is 1. The predicted molar refractivity (Wildman–Crippen MR) is 43.6 cm³/mol. The lowest BCUT2D eigenvalue weighted by Crippen LogP contribution is -2.03. The lowest BCUT2D eigenvalue weighted by molar-refractivity contribution is 0.335. The van der Waals surface area contributed by atoms with Gasteiger partial charge in [0.25, 0.3) is 0 Å². The molecule has 0 aliphatic heterocycles. The zero-order valence-corrected chi connectivity index (χ0v) is 6.22. The van der Waals surface area contributed by atoms with Crippen molar-refractivity contribution in [3.63, 3.8) is 0 Å². The molecule has 0 fully saturated rings. The number of aliphatic hydroxyl groups excluding tert-OH is 1. The molecular weight excluding hydrogens is 126 g/mol. The van der Waals surface area contributed by atoms with E-state index in [0.717, 1.165) is 5.70 Å². The molecule has 0 saturated heterocycles. The smallest absolute Gasteiger partial charge is 0.0676 e. The molecule has 0 spiro atoms. The summed E-state index contributed by atoms with van der Waals surface area (Å²) in [7, 11) is 1.79. The summed E-state index contributed by atoms with van der Waals surface area (Å²) >= 11 is 0. The highest BCUT2D eigenvalue weighted by Gasteiger charge is 1.87. The Morgan fingerprint density at radius 3 is 2.60 bits per heavy atom. The molecule has 10 heavy (non-hydrogen) atoms. The maximum atomic E-state index is 8.57. The van der Waals surface area contributed by atoms with Crippen molar-refractivity contribution in [1.82, 2.24) is 5.32 Å². The van der Waals surface area contributed by atoms with E-state index in [9.17, 15) is 0 Å². The third-order valence-electron chi connectivity index (χ3n) is 1.07. The monoisotopic (exact) mass is 139 g/mol. The van der Waals surface area contributed by atoms with E-state index in [1.54, 1.807) is 19.2 Å². The van der Waals surface area contributed by atoms with Crippen molar-refractivity contribution < 1.29 is 5.11 Å². The lowest BCUT2D eigenvalue weighted by Gasteiger charge is -1.99. The summed E-state index contributed by atoms with van der Waals surface area (Å²) in [5, 5.41) is 11.5. The molecule has 0 amide bonds. The average molecular weight is 139 g/mol. The van der Waals surface area contributed by atoms with Gasteiger partial charge in [0, 0.05) is 12.7 Å². The van der Waals surface area contributed by atoms with Gasteiger partial charge in [-0.25, -0.2) is 0 Å². The molecule has 2 N–H and O–H groups in total. The Balaban J connectivity index is 4.09. The van der Waals surface area contributed by atoms with Crippen LogP contribution in [0.4, 0.5) is 0 Å². The van der Waals surface area contributed by atoms with Crippen LogP contribution in [0, 0.1) is 0 Å². The molecule has 0 aromatic carbocycles. The highest BCUT2D eigenvalue weighted by atomic mass is 16.3. The van der Waals surface area contributed by atoms with E-state index in [-0.39, 0.29) is 6.61 Å². The Labute approximate surface area is 61.6 Å². The van der Waals surface area contributed by atoms with Crippen molar-refractivity contribution in [3.05, 3.63) is 36.6 Å². The van der Waals surface area contributed by atoms with Crippen molar-refractivity contribution in [2.24, 2.45) is 0 Å². The first-order chi connectivity index (χ1) is 4.74. The fourth-order valence-electron chi connectivity index (χ4n) is 0.499. The maximum absolute atomic E-state index is 8.57. The molecule has 0 heterocycles. The topological polar surface area (TPSA) is 32.3 Å². The Morgan fingerprint density at radius 1 is 1.70 bits per heavy atom. The van der Waals surface area contributed by atoms with Crippen molar-refractivity contribution >= 4 is 0 Å². The molecular formula is C8H13NO. The first-order valence-electron chi connectivity index (χ1n) is 3.05. The van der Waals surface area contributed by atoms with Crippen molar-refractivity contribution in [2.75, 3.05) is 13.7 Å². The largest absolute Gasteiger partial charge is 0.392 e. The van der Waals surface area contributed by atoms with Crippen LogP contribution in [0.15, 0.2) is 36.6 Å². The van der Waals surface area contributed by atoms with Gasteiger partial charge in [-0.05, 0) is 17.7 Å². The molecule has 0 bridgehead atoms. The molecule has 2 nitrogen and oxygen atoms in total. The molecule has 0 aliphatic rings. The first-order valence-corrected chi connectivity index (χ1v) is 3.05. The van der Waals surface area contributed by atoms with Crippen molar-refractivity contribution in [3.8, 4) is 0 Å². The van der Waals surface area contributed by atoms with Crippen LogP contribution in [0.5, 0.6) is 0 Å². The van der Waals surface area contributed by atoms with E-state index in [4.69, 9.17) is 5.11 Å². The second kappa shape index (κ2) is 4.82. The van der Waals surface area contributed by atoms with E-state index in [2.05, 4.69) is 18.5 Å². The molecule has 0 aromatic heterocycles. The quantitative estimate of drug-likeness (QED) is 0.565. The van der Waals surface area contributed by atoms with Gasteiger partial charge in [-0.2, -0.15) is 0 Å². The van der Waals surface area contributed by atoms with Gasteiger partial charge in [0.2, 0.25) is 0 Å². The van der Waals surface area contributed by atoms with E-state index in [1.807, 2.05) is 0 Å². The highest BCUT2D eigenvalue weighted by molar-refractivity contribution is 5.25. The summed E-state index contributed by atoms with van der Waals surface area (Å²) in [6.45, 7) is 7.15. The third kappa shape index (κ3) is 3.10. The lowest BCUT2D eigenvalue weighted by atomic mass is 10.2. The minimum atomic E-state index is -0.0149. The van der Waals surface area contributed by atoms with Crippen molar-refractivity contribution in [1.29, 1.82) is 0 Å². The number of hydrogen-bond donors (Lipinski definition) is 2. The van der Waals surface area contributed by atoms with Crippen LogP contribution in [0.3, 0.4) is 0 Å². The molecule has 2 heteroatoms. The minimum absolute atomic E-state index is 0.0149. The Bertz CT molecular complexity index is 159. The number of aliphatic hydroxyl groups is 1. The molecule has 0 unspecified atom stereocenters. The molecule has 0 saturated carbocycles. The van der Waals surface area contributed by atoms with Gasteiger partial charge < -0.3 is 10.4 Å². The summed E-state index contributed by atoms with van der Waals surface area (Å²) in [6.07, 6.45) is 3.41. The van der Waals surface area contributed by atoms with Crippen LogP contribution in [0.2, 0.25) is 0 Å². The zero-order valence-electron chi connectivity index (χ0n) is 6.22. The van der Waals surface area contributed by atoms with Gasteiger partial charge in [0.15, 0.2) is 0 Å². The SMILES string of the molecule is C=C/C(=C\C(=C)CO)NC. The summed E-state index contributed by atoms with van der Waals surface area (Å²) < 4.78 is 0. The van der Waals surface area contributed by atoms with E-state index >= 15 is 0 Å². The van der Waals surface area contributed by atoms with Gasteiger partial charge >= 0.3 is 0 Å². The third-order valence-corrected chi connectivity index (χ3v) is 1.07. The van der Waals surface area contributed by atoms with E-state index in [1.165, 1.54) is 0 Å². The average Bonchev–Trinajstić information content (AvgIpc) is 1.99. The highest BCUT2D eigenvalue weighted by Crippen LogP contribution is 1.96. The molecule has 0 aliphatic carbocycles. The van der Waals surface area contributed by atoms with Crippen molar-refractivity contribution in [2.45, 2.75) is 0 Å². The first kappa shape index (κ1) is 8.98. The van der Waals surface area contributed by atoms with E-state index in [0.29, 0.717) is 5.57 Å². The van der Waals surface area contributed by atoms with Crippen LogP contribution in [0.25, 0.3) is 0 Å². The summed E-state index contributed by atoms with van der Waals surface area (Å²) in [6, 6.07) is 0. The molecule has 0 atom stereocenters. The van der Waals surface area contributed by atoms with Crippen LogP contribution >= 0.6 is 0 Å². The molecule has 0 radical (unpaired) electrons. The number of rotatable bonds is 4. The fourth-order valence-corrected chi connectivity index (χ4v) is 0.499. The van der Waals surface area contributed by atoms with Gasteiger partial charge in [0.05, 0.1) is 6.61 Å². The Morgan fingerprint density at radius 2 is 2.30 bits per heavy atom. The fraction of sp³-hybridized carbons (Fsp3) is 0.250. The molecule has 56 valence electrons. The van der Waals surface area contributed by atoms with Gasteiger partial charge in [0.1, 0.15) is 0 Å². The van der Waals surface area contributed by atoms with Gasteiger partial charge in [-0.3, -0.25) is 0 Å². The predicted octanol–water partition coefficient (Wildman–Crippen LogP) is 0.824. The molecule has 0 rings (SSSR count). The van der Waals surface area contributed by atoms with Gasteiger partial charge in [-0.15, -0.1) is 0 Å². The Kier molecular flexibility index (Phi) is 4.33. The second-order valence-corrected chi connectivity index (χ2v) is 1.87. The normalized spacial score (nSPS) is 10.8. The van der Waals surface area contributed by atoms with E-state index < -0.39 is 0 Å². The minimum Gasteiger partial charge on any atom is -0.392 e. The summed E-state index contributed by atoms with van der Waals surface area (Å²) in [5.74, 6) is 0. The number of likely N-dealkylation sites (N-methyl/N-ethyl adjacent to an activating group) is 1. The number of hydrogen-bond acceptors (Lipinski definition) is 2. The Hall–Kier alpha value is -1.02. The van der Waals surface area contributed by atoms with Crippen LogP contribution in [-0.4, -0.2) is 18.8 Å². The maximum Gasteiger partial charge on any atom is 0.0676 e. The summed E-state index contributed by atoms with van der Waals surface area (Å²) in [5.41, 5.74) is 1.53. The van der Waals surface area contributed by atoms with Crippen LogP contribution < -0.4 is 5.32 Å². The molecule has 0 aromatic rings. The second-order valence-electron chi connectivity index (χ2n) is 1.87. The van der Waals surface area contributed by atoms with Crippen LogP contribution in [0.1, 0.15) is 0 Å². The standard InChI is InChI=1S/C8H13NO/c1-4-8(9-3)5-7(2)6-10/h4-5,9-10H,1-2,6H2,3H3/b8-5+. The van der Waals surface area contributed by atoms with Crippen LogP contribution in [-0.2, 0) is 0 Å².